The molecule has 1 aliphatic carbocycles. The Hall–Kier alpha value is -3.91. The van der Waals surface area contributed by atoms with Crippen molar-refractivity contribution in [1.82, 2.24) is 20.1 Å². The second kappa shape index (κ2) is 15.9. The molecule has 2 heterocycles. The van der Waals surface area contributed by atoms with Gasteiger partial charge in [-0.2, -0.15) is 0 Å². The number of esters is 2. The molecule has 1 aliphatic rings. The monoisotopic (exact) mass is 657 g/mol. The van der Waals surface area contributed by atoms with Crippen LogP contribution >= 0.6 is 23.1 Å². The van der Waals surface area contributed by atoms with Crippen LogP contribution in [0, 0.1) is 6.92 Å². The van der Waals surface area contributed by atoms with E-state index in [4.69, 9.17) is 14.2 Å². The summed E-state index contributed by atoms with van der Waals surface area (Å²) in [6.07, 6.45) is 5.15. The summed E-state index contributed by atoms with van der Waals surface area (Å²) in [5.41, 5.74) is 0.944. The molecule has 0 aliphatic heterocycles. The minimum absolute atomic E-state index is 0.132. The van der Waals surface area contributed by atoms with Crippen LogP contribution in [0.25, 0.3) is 0 Å². The Bertz CT molecular complexity index is 1530. The van der Waals surface area contributed by atoms with Crippen LogP contribution in [0.1, 0.15) is 101 Å². The Kier molecular flexibility index (Phi) is 12.0. The Balaban J connectivity index is 1.54. The number of anilines is 1. The Morgan fingerprint density at radius 2 is 1.73 bits per heavy atom. The van der Waals surface area contributed by atoms with Crippen LogP contribution < -0.4 is 15.4 Å². The van der Waals surface area contributed by atoms with Gasteiger partial charge in [0.2, 0.25) is 5.91 Å². The first-order valence-electron chi connectivity index (χ1n) is 15.0. The fraction of sp³-hybridized carbons (Fsp3) is 0.484. The average molecular weight is 658 g/mol. The number of nitrogens with one attached hydrogen (secondary N) is 2. The first-order valence-corrected chi connectivity index (χ1v) is 16.7. The summed E-state index contributed by atoms with van der Waals surface area (Å²) in [6, 6.07) is 7.12. The average Bonchev–Trinajstić information content (AvgIpc) is 3.59. The fourth-order valence-corrected chi connectivity index (χ4v) is 7.20. The summed E-state index contributed by atoms with van der Waals surface area (Å²) in [7, 11) is 1.52. The molecular weight excluding hydrogens is 619 g/mol. The maximum absolute atomic E-state index is 13.5. The second-order valence-corrected chi connectivity index (χ2v) is 12.7. The number of hydrogen-bond donors (Lipinski definition) is 2. The minimum atomic E-state index is -0.643. The van der Waals surface area contributed by atoms with Gasteiger partial charge in [0.25, 0.3) is 5.91 Å². The van der Waals surface area contributed by atoms with E-state index in [2.05, 4.69) is 20.8 Å². The van der Waals surface area contributed by atoms with E-state index in [0.29, 0.717) is 27.9 Å². The molecule has 0 bridgehead atoms. The van der Waals surface area contributed by atoms with Crippen molar-refractivity contribution in [2.45, 2.75) is 82.8 Å². The largest absolute Gasteiger partial charge is 0.496 e. The maximum atomic E-state index is 13.5. The highest BCUT2D eigenvalue weighted by Crippen LogP contribution is 2.37. The van der Waals surface area contributed by atoms with Crippen molar-refractivity contribution in [3.05, 3.63) is 51.7 Å². The number of nitrogens with zero attached hydrogens (tertiary/aromatic N) is 3. The standard InChI is InChI=1S/C31H39N5O7S2/c1-6-42-29(39)24-18(3)25(30(40)43-7-2)45-28(24)33-26(37)19(4)44-31-35-34-23(36(31)20-13-9-8-10-14-20)17-32-27(38)21-15-11-12-16-22(21)41-5/h11-12,15-16,19-20H,6-10,13-14,17H2,1-5H3,(H,32,38)(H,33,37)/t19-/m1/s1. The molecule has 0 radical (unpaired) electrons. The number of para-hydroxylation sites is 1. The molecule has 0 unspecified atom stereocenters. The number of benzene rings is 1. The van der Waals surface area contributed by atoms with E-state index in [9.17, 15) is 19.2 Å². The summed E-state index contributed by atoms with van der Waals surface area (Å²) < 4.78 is 17.7. The molecule has 14 heteroatoms. The number of amides is 2. The van der Waals surface area contributed by atoms with Crippen molar-refractivity contribution in [3.8, 4) is 5.75 Å². The van der Waals surface area contributed by atoms with Gasteiger partial charge in [0.1, 0.15) is 15.6 Å². The summed E-state index contributed by atoms with van der Waals surface area (Å²) >= 11 is 2.22. The fourth-order valence-electron chi connectivity index (χ4n) is 5.17. The molecule has 1 atom stereocenters. The van der Waals surface area contributed by atoms with Crippen LogP contribution in [0.4, 0.5) is 5.00 Å². The summed E-state index contributed by atoms with van der Waals surface area (Å²) in [6.45, 7) is 7.21. The lowest BCUT2D eigenvalue weighted by Crippen LogP contribution is -2.27. The quantitative estimate of drug-likeness (QED) is 0.177. The lowest BCUT2D eigenvalue weighted by molar-refractivity contribution is -0.115. The van der Waals surface area contributed by atoms with Crippen molar-refractivity contribution < 1.29 is 33.4 Å². The van der Waals surface area contributed by atoms with E-state index in [0.717, 1.165) is 43.4 Å². The smallest absolute Gasteiger partial charge is 0.348 e. The number of carbonyl (C=O) groups excluding carboxylic acids is 4. The third kappa shape index (κ3) is 8.03. The highest BCUT2D eigenvalue weighted by atomic mass is 32.2. The van der Waals surface area contributed by atoms with Gasteiger partial charge in [-0.1, -0.05) is 43.2 Å². The normalized spacial score (nSPS) is 14.0. The number of carbonyl (C=O) groups is 4. The molecule has 1 fully saturated rings. The van der Waals surface area contributed by atoms with Crippen LogP contribution in [-0.4, -0.2) is 64.1 Å². The topological polar surface area (TPSA) is 151 Å². The van der Waals surface area contributed by atoms with Crippen LogP contribution in [0.15, 0.2) is 29.4 Å². The summed E-state index contributed by atoms with van der Waals surface area (Å²) in [4.78, 5) is 52.0. The highest BCUT2D eigenvalue weighted by Gasteiger charge is 2.30. The van der Waals surface area contributed by atoms with Gasteiger partial charge in [-0.15, -0.1) is 21.5 Å². The molecule has 1 aromatic carbocycles. The number of thiophene rings is 1. The van der Waals surface area contributed by atoms with Crippen molar-refractivity contribution in [2.75, 3.05) is 25.6 Å². The molecule has 2 N–H and O–H groups in total. The van der Waals surface area contributed by atoms with Crippen molar-refractivity contribution in [1.29, 1.82) is 0 Å². The first kappa shape index (κ1) is 34.0. The molecule has 45 heavy (non-hydrogen) atoms. The predicted octanol–water partition coefficient (Wildman–Crippen LogP) is 5.56. The number of methoxy groups -OCH3 is 1. The third-order valence-corrected chi connectivity index (χ3v) is 9.65. The molecule has 3 aromatic rings. The molecular formula is C31H39N5O7S2. The molecule has 12 nitrogen and oxygen atoms in total. The van der Waals surface area contributed by atoms with E-state index in [1.165, 1.54) is 18.9 Å². The molecule has 1 saturated carbocycles. The zero-order valence-electron chi connectivity index (χ0n) is 26.1. The van der Waals surface area contributed by atoms with E-state index >= 15 is 0 Å². The zero-order valence-corrected chi connectivity index (χ0v) is 27.8. The van der Waals surface area contributed by atoms with Gasteiger partial charge in [-0.25, -0.2) is 9.59 Å². The number of rotatable bonds is 13. The molecule has 0 spiro atoms. The van der Waals surface area contributed by atoms with Gasteiger partial charge in [0.15, 0.2) is 11.0 Å². The second-order valence-electron chi connectivity index (χ2n) is 10.4. The lowest BCUT2D eigenvalue weighted by Gasteiger charge is -2.26. The predicted molar refractivity (Wildman–Crippen MR) is 171 cm³/mol. The Morgan fingerprint density at radius 1 is 1.04 bits per heavy atom. The van der Waals surface area contributed by atoms with Gasteiger partial charge in [0, 0.05) is 6.04 Å². The SMILES string of the molecule is CCOC(=O)c1sc(NC(=O)[C@@H](C)Sc2nnc(CNC(=O)c3ccccc3OC)n2C2CCCCC2)c(C(=O)OCC)c1C. The first-order chi connectivity index (χ1) is 21.7. The van der Waals surface area contributed by atoms with E-state index in [-0.39, 0.29) is 53.1 Å². The number of thioether (sulfide) groups is 1. The van der Waals surface area contributed by atoms with Crippen molar-refractivity contribution in [3.63, 3.8) is 0 Å². The number of ether oxygens (including phenoxy) is 3. The number of hydrogen-bond acceptors (Lipinski definition) is 11. The van der Waals surface area contributed by atoms with Gasteiger partial charge >= 0.3 is 11.9 Å². The minimum Gasteiger partial charge on any atom is -0.496 e. The van der Waals surface area contributed by atoms with E-state index in [1.54, 1.807) is 52.0 Å². The summed E-state index contributed by atoms with van der Waals surface area (Å²) in [5, 5.41) is 14.7. The maximum Gasteiger partial charge on any atom is 0.348 e. The molecule has 2 aromatic heterocycles. The van der Waals surface area contributed by atoms with E-state index < -0.39 is 17.2 Å². The van der Waals surface area contributed by atoms with Gasteiger partial charge in [-0.3, -0.25) is 9.59 Å². The molecule has 4 rings (SSSR count). The van der Waals surface area contributed by atoms with Gasteiger partial charge in [0.05, 0.1) is 43.2 Å². The van der Waals surface area contributed by atoms with Gasteiger partial charge < -0.3 is 29.4 Å². The zero-order chi connectivity index (χ0) is 32.5. The Labute approximate surface area is 270 Å². The lowest BCUT2D eigenvalue weighted by atomic mass is 9.95. The van der Waals surface area contributed by atoms with Crippen molar-refractivity contribution >= 4 is 51.9 Å². The molecule has 2 amide bonds. The molecule has 242 valence electrons. The van der Waals surface area contributed by atoms with Gasteiger partial charge in [-0.05, 0) is 58.2 Å². The van der Waals surface area contributed by atoms with Crippen LogP contribution in [0.3, 0.4) is 0 Å². The third-order valence-electron chi connectivity index (χ3n) is 7.41. The highest BCUT2D eigenvalue weighted by molar-refractivity contribution is 8.00. The summed E-state index contributed by atoms with van der Waals surface area (Å²) in [5.74, 6) is -0.808. The number of aromatic nitrogens is 3. The van der Waals surface area contributed by atoms with Crippen LogP contribution in [-0.2, 0) is 20.8 Å². The van der Waals surface area contributed by atoms with Crippen LogP contribution in [0.2, 0.25) is 0 Å². The van der Waals surface area contributed by atoms with E-state index in [1.807, 2.05) is 4.57 Å². The van der Waals surface area contributed by atoms with Crippen LogP contribution in [0.5, 0.6) is 5.75 Å². The van der Waals surface area contributed by atoms with Crippen molar-refractivity contribution in [2.24, 2.45) is 0 Å². The Morgan fingerprint density at radius 3 is 2.42 bits per heavy atom. The molecule has 0 saturated heterocycles.